The monoisotopic (exact) mass is 400 g/mol. The van der Waals surface area contributed by atoms with Crippen molar-refractivity contribution in [1.29, 1.82) is 0 Å². The van der Waals surface area contributed by atoms with Crippen molar-refractivity contribution < 1.29 is 24.5 Å². The van der Waals surface area contributed by atoms with Crippen LogP contribution in [-0.2, 0) is 0 Å². The molecule has 5 rings (SSSR count). The molecule has 0 aliphatic heterocycles. The summed E-state index contributed by atoms with van der Waals surface area (Å²) in [4.78, 5) is 12.0. The maximum Gasteiger partial charge on any atom is 0.220 e. The average Bonchev–Trinajstić information content (AvgIpc) is 2.75. The summed E-state index contributed by atoms with van der Waals surface area (Å²) in [5.41, 5.74) is 0.713. The highest BCUT2D eigenvalue weighted by Gasteiger charge is 2.15. The van der Waals surface area contributed by atoms with Gasteiger partial charge in [0.15, 0.2) is 17.2 Å². The second kappa shape index (κ2) is 6.42. The summed E-state index contributed by atoms with van der Waals surface area (Å²) in [7, 11) is 1.54. The zero-order chi connectivity index (χ0) is 21.0. The summed E-state index contributed by atoms with van der Waals surface area (Å²) in [5.74, 6) is 0.303. The van der Waals surface area contributed by atoms with Gasteiger partial charge in [-0.1, -0.05) is 12.1 Å². The summed E-state index contributed by atoms with van der Waals surface area (Å²) in [6.45, 7) is 0. The second-order valence-electron chi connectivity index (χ2n) is 7.02. The molecule has 0 saturated heterocycles. The van der Waals surface area contributed by atoms with E-state index in [1.54, 1.807) is 25.3 Å². The number of fused-ring (bicyclic) bond motifs is 5. The van der Waals surface area contributed by atoms with E-state index in [0.717, 1.165) is 21.5 Å². The minimum absolute atomic E-state index is 0.206. The summed E-state index contributed by atoms with van der Waals surface area (Å²) >= 11 is 0. The zero-order valence-electron chi connectivity index (χ0n) is 15.8. The Morgan fingerprint density at radius 2 is 1.57 bits per heavy atom. The first kappa shape index (κ1) is 17.9. The molecule has 0 bridgehead atoms. The Balaban J connectivity index is 1.83. The highest BCUT2D eigenvalue weighted by molar-refractivity contribution is 6.19. The Morgan fingerprint density at radius 3 is 2.33 bits per heavy atom. The zero-order valence-corrected chi connectivity index (χ0v) is 15.8. The third-order valence-electron chi connectivity index (χ3n) is 5.26. The van der Waals surface area contributed by atoms with Crippen molar-refractivity contribution >= 4 is 32.5 Å². The van der Waals surface area contributed by atoms with E-state index in [0.29, 0.717) is 28.0 Å². The first-order chi connectivity index (χ1) is 14.5. The highest BCUT2D eigenvalue weighted by atomic mass is 16.5. The number of benzene rings is 4. The maximum absolute atomic E-state index is 12.0. The predicted octanol–water partition coefficient (Wildman–Crippen LogP) is 4.89. The van der Waals surface area contributed by atoms with E-state index in [1.165, 1.54) is 24.3 Å². The van der Waals surface area contributed by atoms with Gasteiger partial charge < -0.3 is 24.5 Å². The van der Waals surface area contributed by atoms with Crippen LogP contribution in [0.2, 0.25) is 0 Å². The Kier molecular flexibility index (Phi) is 3.83. The molecule has 1 heterocycles. The molecule has 0 aliphatic carbocycles. The number of methoxy groups -OCH3 is 1. The van der Waals surface area contributed by atoms with Gasteiger partial charge in [0, 0.05) is 22.4 Å². The SMILES string of the molecule is COc1cc2oc(-c3ccc(O)c(O)c3)ccc2c2ccc3cc(O)c(=O)cc3c12. The smallest absolute Gasteiger partial charge is 0.220 e. The molecule has 5 aromatic rings. The molecule has 1 aromatic heterocycles. The van der Waals surface area contributed by atoms with Crippen LogP contribution in [0, 0.1) is 0 Å². The van der Waals surface area contributed by atoms with Gasteiger partial charge in [0.25, 0.3) is 0 Å². The van der Waals surface area contributed by atoms with Crippen LogP contribution in [0.5, 0.6) is 23.0 Å². The van der Waals surface area contributed by atoms with E-state index < -0.39 is 5.43 Å². The number of hydrogen-bond donors (Lipinski definition) is 3. The van der Waals surface area contributed by atoms with Crippen molar-refractivity contribution in [3.05, 3.63) is 70.9 Å². The molecule has 6 heteroatoms. The van der Waals surface area contributed by atoms with Gasteiger partial charge in [-0.2, -0.15) is 0 Å². The predicted molar refractivity (Wildman–Crippen MR) is 114 cm³/mol. The lowest BCUT2D eigenvalue weighted by Gasteiger charge is -2.13. The topological polar surface area (TPSA) is 100 Å². The third-order valence-corrected chi connectivity index (χ3v) is 5.26. The molecule has 0 fully saturated rings. The van der Waals surface area contributed by atoms with Crippen LogP contribution < -0.4 is 10.2 Å². The van der Waals surface area contributed by atoms with Crippen molar-refractivity contribution in [1.82, 2.24) is 0 Å². The number of phenolic OH excluding ortho intramolecular Hbond substituents is 3. The molecule has 0 atom stereocenters. The van der Waals surface area contributed by atoms with Gasteiger partial charge in [0.05, 0.1) is 7.11 Å². The number of phenols is 3. The van der Waals surface area contributed by atoms with Crippen LogP contribution in [0.25, 0.3) is 43.8 Å². The van der Waals surface area contributed by atoms with Gasteiger partial charge in [0.2, 0.25) is 5.43 Å². The second-order valence-corrected chi connectivity index (χ2v) is 7.02. The van der Waals surface area contributed by atoms with Crippen molar-refractivity contribution in [2.24, 2.45) is 0 Å². The number of aromatic hydroxyl groups is 3. The Labute approximate surface area is 169 Å². The average molecular weight is 400 g/mol. The van der Waals surface area contributed by atoms with Crippen LogP contribution in [0.15, 0.2) is 69.9 Å². The van der Waals surface area contributed by atoms with Gasteiger partial charge in [0.1, 0.15) is 17.1 Å². The van der Waals surface area contributed by atoms with Crippen molar-refractivity contribution in [2.45, 2.75) is 0 Å². The fourth-order valence-corrected chi connectivity index (χ4v) is 3.79. The lowest BCUT2D eigenvalue weighted by Crippen LogP contribution is -1.98. The fourth-order valence-electron chi connectivity index (χ4n) is 3.79. The van der Waals surface area contributed by atoms with Gasteiger partial charge in [-0.25, -0.2) is 0 Å². The molecule has 0 spiro atoms. The molecule has 3 N–H and O–H groups in total. The van der Waals surface area contributed by atoms with Crippen molar-refractivity contribution in [2.75, 3.05) is 7.11 Å². The maximum atomic E-state index is 12.0. The van der Waals surface area contributed by atoms with Crippen molar-refractivity contribution in [3.8, 4) is 34.3 Å². The molecule has 148 valence electrons. The lowest BCUT2D eigenvalue weighted by atomic mass is 9.97. The van der Waals surface area contributed by atoms with Gasteiger partial charge in [-0.05, 0) is 58.6 Å². The van der Waals surface area contributed by atoms with E-state index in [9.17, 15) is 20.1 Å². The number of ether oxygens (including phenoxy) is 1. The van der Waals surface area contributed by atoms with Crippen LogP contribution in [0.3, 0.4) is 0 Å². The first-order valence-corrected chi connectivity index (χ1v) is 9.19. The van der Waals surface area contributed by atoms with E-state index in [1.807, 2.05) is 18.2 Å². The van der Waals surface area contributed by atoms with Gasteiger partial charge in [-0.15, -0.1) is 0 Å². The third kappa shape index (κ3) is 2.62. The van der Waals surface area contributed by atoms with Crippen LogP contribution >= 0.6 is 0 Å². The molecule has 30 heavy (non-hydrogen) atoms. The lowest BCUT2D eigenvalue weighted by molar-refractivity contribution is 0.404. The summed E-state index contributed by atoms with van der Waals surface area (Å²) < 4.78 is 11.7. The Morgan fingerprint density at radius 1 is 0.767 bits per heavy atom. The normalized spacial score (nSPS) is 11.4. The highest BCUT2D eigenvalue weighted by Crippen LogP contribution is 2.40. The molecular formula is C24H16O6. The summed E-state index contributed by atoms with van der Waals surface area (Å²) in [6.07, 6.45) is 0. The van der Waals surface area contributed by atoms with Crippen LogP contribution in [0.4, 0.5) is 0 Å². The molecule has 0 amide bonds. The van der Waals surface area contributed by atoms with Gasteiger partial charge >= 0.3 is 0 Å². The number of hydrogen-bond acceptors (Lipinski definition) is 6. The summed E-state index contributed by atoms with van der Waals surface area (Å²) in [6, 6.07) is 16.5. The Hall–Kier alpha value is -4.19. The molecule has 0 aliphatic rings. The van der Waals surface area contributed by atoms with Crippen LogP contribution in [-0.4, -0.2) is 22.4 Å². The number of rotatable bonds is 2. The summed E-state index contributed by atoms with van der Waals surface area (Å²) in [5, 5.41) is 32.9. The molecule has 6 nitrogen and oxygen atoms in total. The van der Waals surface area contributed by atoms with Crippen LogP contribution in [0.1, 0.15) is 0 Å². The minimum atomic E-state index is -0.454. The largest absolute Gasteiger partial charge is 0.504 e. The molecule has 4 aromatic carbocycles. The van der Waals surface area contributed by atoms with E-state index in [2.05, 4.69) is 0 Å². The van der Waals surface area contributed by atoms with E-state index in [-0.39, 0.29) is 17.2 Å². The van der Waals surface area contributed by atoms with Gasteiger partial charge in [-0.3, -0.25) is 4.79 Å². The molecule has 0 unspecified atom stereocenters. The molecule has 0 radical (unpaired) electrons. The fraction of sp³-hybridized carbons (Fsp3) is 0.0417. The van der Waals surface area contributed by atoms with Crippen molar-refractivity contribution in [3.63, 3.8) is 0 Å². The van der Waals surface area contributed by atoms with E-state index >= 15 is 0 Å². The Bertz CT molecular complexity index is 1530. The minimum Gasteiger partial charge on any atom is -0.504 e. The van der Waals surface area contributed by atoms with E-state index in [4.69, 9.17) is 9.15 Å². The standard InChI is InChI=1S/C24H16O6/c1-29-23-11-22-14(5-7-21(30-22)13-3-6-17(25)18(26)9-13)15-4-2-12-8-19(27)20(28)10-16(12)24(15)23/h2-11,25-27H,1H3. The molecule has 0 saturated carbocycles. The quantitative estimate of drug-likeness (QED) is 0.288. The molecular weight excluding hydrogens is 384 g/mol. The first-order valence-electron chi connectivity index (χ1n) is 9.19.